The van der Waals surface area contributed by atoms with Crippen molar-refractivity contribution in [2.24, 2.45) is 5.10 Å². The highest BCUT2D eigenvalue weighted by Crippen LogP contribution is 2.33. The number of hydrazone groups is 1. The van der Waals surface area contributed by atoms with E-state index in [2.05, 4.69) is 65.0 Å². The zero-order valence-corrected chi connectivity index (χ0v) is 23.0. The number of nitrogens with zero attached hydrogens (tertiary/aromatic N) is 1. The molecule has 170 valence electrons. The van der Waals surface area contributed by atoms with E-state index in [1.807, 2.05) is 44.2 Å². The molecule has 0 spiro atoms. The molecule has 1 amide bonds. The highest BCUT2D eigenvalue weighted by molar-refractivity contribution is 14.1. The van der Waals surface area contributed by atoms with E-state index in [-0.39, 0.29) is 12.4 Å². The van der Waals surface area contributed by atoms with Gasteiger partial charge in [0.25, 0.3) is 5.91 Å². The van der Waals surface area contributed by atoms with Crippen LogP contribution in [-0.2, 0) is 4.79 Å². The molecule has 0 saturated heterocycles. The second kappa shape index (κ2) is 11.8. The van der Waals surface area contributed by atoms with E-state index in [4.69, 9.17) is 9.47 Å². The zero-order valence-electron chi connectivity index (χ0n) is 17.7. The Morgan fingerprint density at radius 2 is 1.82 bits per heavy atom. The first-order chi connectivity index (χ1) is 15.7. The molecule has 0 aliphatic rings. The molecule has 6 nitrogen and oxygen atoms in total. The minimum absolute atomic E-state index is 0.184. The van der Waals surface area contributed by atoms with Crippen LogP contribution in [0.2, 0.25) is 0 Å². The van der Waals surface area contributed by atoms with E-state index >= 15 is 0 Å². The van der Waals surface area contributed by atoms with Gasteiger partial charge in [0.2, 0.25) is 0 Å². The Morgan fingerprint density at radius 1 is 1.06 bits per heavy atom. The van der Waals surface area contributed by atoms with E-state index < -0.39 is 11.9 Å². The zero-order chi connectivity index (χ0) is 24.0. The van der Waals surface area contributed by atoms with Gasteiger partial charge in [0, 0.05) is 13.6 Å². The molecular formula is C24H19Br2IN2O4. The Bertz CT molecular complexity index is 1230. The monoisotopic (exact) mass is 684 g/mol. The first-order valence-electron chi connectivity index (χ1n) is 9.72. The fraction of sp³-hybridized carbons (Fsp3) is 0.125. The second-order valence-electron chi connectivity index (χ2n) is 7.00. The number of ether oxygens (including phenoxy) is 2. The number of carbonyl (C=O) groups is 2. The lowest BCUT2D eigenvalue weighted by atomic mass is 10.1. The maximum Gasteiger partial charge on any atom is 0.344 e. The molecule has 0 radical (unpaired) electrons. The number of benzene rings is 3. The van der Waals surface area contributed by atoms with Crippen molar-refractivity contribution >= 4 is 72.5 Å². The van der Waals surface area contributed by atoms with Crippen LogP contribution in [0, 0.1) is 17.4 Å². The second-order valence-corrected chi connectivity index (χ2v) is 9.94. The summed E-state index contributed by atoms with van der Waals surface area (Å²) in [6.45, 7) is 3.80. The summed E-state index contributed by atoms with van der Waals surface area (Å²) in [5.41, 5.74) is 5.59. The summed E-state index contributed by atoms with van der Waals surface area (Å²) < 4.78 is 13.2. The van der Waals surface area contributed by atoms with Crippen LogP contribution in [-0.4, -0.2) is 24.7 Å². The molecule has 1 N–H and O–H groups in total. The number of nitrogens with one attached hydrogen (secondary N) is 1. The van der Waals surface area contributed by atoms with Crippen molar-refractivity contribution in [1.29, 1.82) is 0 Å². The van der Waals surface area contributed by atoms with Crippen molar-refractivity contribution in [1.82, 2.24) is 5.43 Å². The van der Waals surface area contributed by atoms with E-state index in [0.29, 0.717) is 21.3 Å². The maximum absolute atomic E-state index is 12.7. The largest absolute Gasteiger partial charge is 0.484 e. The van der Waals surface area contributed by atoms with Crippen molar-refractivity contribution in [3.05, 3.63) is 89.4 Å². The molecule has 0 bridgehead atoms. The third-order valence-electron chi connectivity index (χ3n) is 4.57. The predicted octanol–water partition coefficient (Wildman–Crippen LogP) is 6.18. The van der Waals surface area contributed by atoms with Crippen LogP contribution in [0.4, 0.5) is 0 Å². The number of carbonyl (C=O) groups excluding carboxylic acids is 2. The van der Waals surface area contributed by atoms with Gasteiger partial charge in [-0.2, -0.15) is 5.10 Å². The van der Waals surface area contributed by atoms with Crippen molar-refractivity contribution < 1.29 is 19.1 Å². The van der Waals surface area contributed by atoms with Crippen LogP contribution >= 0.6 is 54.5 Å². The van der Waals surface area contributed by atoms with E-state index in [9.17, 15) is 9.59 Å². The van der Waals surface area contributed by atoms with Crippen LogP contribution in [0.1, 0.15) is 27.0 Å². The Hall–Kier alpha value is -2.24. The van der Waals surface area contributed by atoms with Gasteiger partial charge in [-0.3, -0.25) is 4.79 Å². The Labute approximate surface area is 222 Å². The number of hydrogen-bond donors (Lipinski definition) is 1. The normalized spacial score (nSPS) is 10.8. The quantitative estimate of drug-likeness (QED) is 0.106. The summed E-state index contributed by atoms with van der Waals surface area (Å²) in [5, 5.41) is 3.99. The van der Waals surface area contributed by atoms with Crippen LogP contribution in [0.15, 0.2) is 68.6 Å². The SMILES string of the molecule is Cc1ccc(OCC(=O)NN=Cc2cc(Br)cc(Br)c2OC(=O)c2ccccc2I)cc1C. The molecule has 3 rings (SSSR count). The summed E-state index contributed by atoms with van der Waals surface area (Å²) in [7, 11) is 0. The molecule has 0 heterocycles. The predicted molar refractivity (Wildman–Crippen MR) is 143 cm³/mol. The van der Waals surface area contributed by atoms with Gasteiger partial charge in [0.05, 0.1) is 16.3 Å². The fourth-order valence-electron chi connectivity index (χ4n) is 2.72. The van der Waals surface area contributed by atoms with Gasteiger partial charge in [0.15, 0.2) is 12.4 Å². The highest BCUT2D eigenvalue weighted by atomic mass is 127. The van der Waals surface area contributed by atoms with Crippen molar-refractivity contribution in [2.45, 2.75) is 13.8 Å². The number of aryl methyl sites for hydroxylation is 2. The third-order valence-corrected chi connectivity index (χ3v) is 6.55. The molecule has 0 fully saturated rings. The standard InChI is InChI=1S/C24H19Br2IN2O4/c1-14-7-8-18(9-15(14)2)32-13-22(30)29-28-12-16-10-17(25)11-20(26)23(16)33-24(31)19-5-3-4-6-21(19)27/h3-12H,13H2,1-2H3,(H,29,30). The lowest BCUT2D eigenvalue weighted by Crippen LogP contribution is -2.24. The fourth-order valence-corrected chi connectivity index (χ4v) is 4.66. The summed E-state index contributed by atoms with van der Waals surface area (Å²) in [4.78, 5) is 24.8. The first kappa shape index (κ1) is 25.4. The summed E-state index contributed by atoms with van der Waals surface area (Å²) >= 11 is 8.91. The molecular weight excluding hydrogens is 667 g/mol. The van der Waals surface area contributed by atoms with E-state index in [1.54, 1.807) is 24.3 Å². The smallest absolute Gasteiger partial charge is 0.344 e. The first-order valence-corrected chi connectivity index (χ1v) is 12.4. The van der Waals surface area contributed by atoms with Gasteiger partial charge < -0.3 is 9.47 Å². The van der Waals surface area contributed by atoms with Crippen molar-refractivity contribution in [3.63, 3.8) is 0 Å². The van der Waals surface area contributed by atoms with Crippen molar-refractivity contribution in [2.75, 3.05) is 6.61 Å². The molecule has 3 aromatic carbocycles. The summed E-state index contributed by atoms with van der Waals surface area (Å²) in [6.07, 6.45) is 1.40. The van der Waals surface area contributed by atoms with Gasteiger partial charge in [-0.1, -0.05) is 34.1 Å². The maximum atomic E-state index is 12.7. The summed E-state index contributed by atoms with van der Waals surface area (Å²) in [5.74, 6) is -0.0236. The van der Waals surface area contributed by atoms with Crippen LogP contribution in [0.5, 0.6) is 11.5 Å². The van der Waals surface area contributed by atoms with Gasteiger partial charge >= 0.3 is 5.97 Å². The molecule has 0 atom stereocenters. The van der Waals surface area contributed by atoms with Gasteiger partial charge in [-0.05, 0) is 99.9 Å². The number of halogens is 3. The topological polar surface area (TPSA) is 77.0 Å². The molecule has 0 aliphatic heterocycles. The molecule has 0 unspecified atom stereocenters. The van der Waals surface area contributed by atoms with E-state index in [1.165, 1.54) is 6.21 Å². The van der Waals surface area contributed by atoms with Crippen LogP contribution in [0.25, 0.3) is 0 Å². The molecule has 0 aromatic heterocycles. The minimum Gasteiger partial charge on any atom is -0.484 e. The van der Waals surface area contributed by atoms with Crippen molar-refractivity contribution in [3.8, 4) is 11.5 Å². The Morgan fingerprint density at radius 3 is 2.55 bits per heavy atom. The molecule has 0 saturated carbocycles. The number of esters is 1. The van der Waals surface area contributed by atoms with Gasteiger partial charge in [-0.25, -0.2) is 10.2 Å². The average molecular weight is 686 g/mol. The van der Waals surface area contributed by atoms with E-state index in [0.717, 1.165) is 19.2 Å². The number of amides is 1. The molecule has 0 aliphatic carbocycles. The van der Waals surface area contributed by atoms with Gasteiger partial charge in [0.1, 0.15) is 5.75 Å². The Balaban J connectivity index is 1.68. The van der Waals surface area contributed by atoms with Crippen LogP contribution < -0.4 is 14.9 Å². The Kier molecular flexibility index (Phi) is 9.04. The lowest BCUT2D eigenvalue weighted by molar-refractivity contribution is -0.123. The minimum atomic E-state index is -0.497. The highest BCUT2D eigenvalue weighted by Gasteiger charge is 2.17. The molecule has 33 heavy (non-hydrogen) atoms. The summed E-state index contributed by atoms with van der Waals surface area (Å²) in [6, 6.07) is 16.2. The molecule has 3 aromatic rings. The van der Waals surface area contributed by atoms with Crippen LogP contribution in [0.3, 0.4) is 0 Å². The number of hydrogen-bond acceptors (Lipinski definition) is 5. The lowest BCUT2D eigenvalue weighted by Gasteiger charge is -2.11. The number of rotatable bonds is 7. The van der Waals surface area contributed by atoms with Gasteiger partial charge in [-0.15, -0.1) is 0 Å². The molecule has 9 heteroatoms. The average Bonchev–Trinajstić information content (AvgIpc) is 2.77. The third kappa shape index (κ3) is 7.12.